The molecule has 1 aliphatic heterocycles. The minimum absolute atomic E-state index is 0.368. The first-order chi connectivity index (χ1) is 11.3. The predicted molar refractivity (Wildman–Crippen MR) is 94.2 cm³/mol. The monoisotopic (exact) mass is 318 g/mol. The van der Waals surface area contributed by atoms with Crippen molar-refractivity contribution in [2.45, 2.75) is 50.6 Å². The van der Waals surface area contributed by atoms with E-state index in [-0.39, 0.29) is 0 Å². The fraction of sp³-hybridized carbons (Fsp3) is 0.684. The van der Waals surface area contributed by atoms with E-state index in [4.69, 9.17) is 4.74 Å². The van der Waals surface area contributed by atoms with Crippen LogP contribution in [0.25, 0.3) is 0 Å². The molecule has 0 amide bonds. The van der Waals surface area contributed by atoms with Crippen molar-refractivity contribution < 1.29 is 9.84 Å². The molecule has 128 valence electrons. The van der Waals surface area contributed by atoms with Gasteiger partial charge in [0, 0.05) is 37.5 Å². The van der Waals surface area contributed by atoms with Crippen LogP contribution >= 0.6 is 0 Å². The van der Waals surface area contributed by atoms with Gasteiger partial charge in [0.15, 0.2) is 0 Å². The third-order valence-corrected chi connectivity index (χ3v) is 5.51. The smallest absolute Gasteiger partial charge is 0.119 e. The Kier molecular flexibility index (Phi) is 5.79. The zero-order valence-corrected chi connectivity index (χ0v) is 14.2. The van der Waals surface area contributed by atoms with Gasteiger partial charge in [-0.1, -0.05) is 0 Å². The summed E-state index contributed by atoms with van der Waals surface area (Å²) >= 11 is 0. The van der Waals surface area contributed by atoms with Crippen LogP contribution in [0, 0.1) is 5.92 Å². The Balaban J connectivity index is 1.43. The van der Waals surface area contributed by atoms with Crippen LogP contribution in [0.2, 0.25) is 0 Å². The summed E-state index contributed by atoms with van der Waals surface area (Å²) in [6, 6.07) is 9.71. The van der Waals surface area contributed by atoms with E-state index in [2.05, 4.69) is 22.3 Å². The second-order valence-corrected chi connectivity index (χ2v) is 7.03. The summed E-state index contributed by atoms with van der Waals surface area (Å²) in [5.74, 6) is 1.47. The first-order valence-electron chi connectivity index (χ1n) is 9.04. The number of nitrogens with zero attached hydrogens (tertiary/aromatic N) is 1. The van der Waals surface area contributed by atoms with Gasteiger partial charge < -0.3 is 20.1 Å². The van der Waals surface area contributed by atoms with Gasteiger partial charge in [0.25, 0.3) is 0 Å². The van der Waals surface area contributed by atoms with E-state index in [0.29, 0.717) is 24.6 Å². The Morgan fingerprint density at radius 1 is 1.00 bits per heavy atom. The molecule has 23 heavy (non-hydrogen) atoms. The van der Waals surface area contributed by atoms with Crippen LogP contribution in [-0.4, -0.2) is 44.0 Å². The molecule has 3 rings (SSSR count). The fourth-order valence-corrected chi connectivity index (χ4v) is 3.94. The van der Waals surface area contributed by atoms with Crippen LogP contribution < -0.4 is 15.0 Å². The van der Waals surface area contributed by atoms with E-state index in [1.54, 1.807) is 7.11 Å². The molecule has 1 aliphatic carbocycles. The molecule has 0 atom stereocenters. The molecule has 1 heterocycles. The van der Waals surface area contributed by atoms with Gasteiger partial charge in [-0.25, -0.2) is 0 Å². The topological polar surface area (TPSA) is 44.7 Å². The van der Waals surface area contributed by atoms with Crippen molar-refractivity contribution in [3.05, 3.63) is 24.3 Å². The number of hydrogen-bond donors (Lipinski definition) is 2. The van der Waals surface area contributed by atoms with Gasteiger partial charge in [-0.15, -0.1) is 0 Å². The maximum atomic E-state index is 9.24. The van der Waals surface area contributed by atoms with E-state index in [1.807, 2.05) is 12.1 Å². The normalized spacial score (nSPS) is 26.3. The average Bonchev–Trinajstić information content (AvgIpc) is 2.63. The molecule has 2 aliphatic rings. The molecular formula is C19H30N2O2. The highest BCUT2D eigenvalue weighted by Gasteiger charge is 2.25. The van der Waals surface area contributed by atoms with Crippen LogP contribution in [0.4, 0.5) is 5.69 Å². The van der Waals surface area contributed by atoms with Crippen molar-refractivity contribution in [3.8, 4) is 5.75 Å². The Hall–Kier alpha value is -1.26. The van der Waals surface area contributed by atoms with Gasteiger partial charge in [-0.2, -0.15) is 0 Å². The molecule has 0 bridgehead atoms. The Morgan fingerprint density at radius 2 is 1.61 bits per heavy atom. The molecule has 0 unspecified atom stereocenters. The SMILES string of the molecule is COc1ccc(N2CCC(NC3CCC(CO)CC3)CC2)cc1. The summed E-state index contributed by atoms with van der Waals surface area (Å²) in [6.07, 6.45) is 7.24. The van der Waals surface area contributed by atoms with Crippen LogP contribution in [0.3, 0.4) is 0 Å². The lowest BCUT2D eigenvalue weighted by Gasteiger charge is -2.37. The minimum atomic E-state index is 0.368. The third-order valence-electron chi connectivity index (χ3n) is 5.51. The van der Waals surface area contributed by atoms with Gasteiger partial charge >= 0.3 is 0 Å². The minimum Gasteiger partial charge on any atom is -0.497 e. The van der Waals surface area contributed by atoms with E-state index in [1.165, 1.54) is 44.2 Å². The number of benzene rings is 1. The molecule has 1 aromatic rings. The number of hydrogen-bond acceptors (Lipinski definition) is 4. The van der Waals surface area contributed by atoms with Crippen LogP contribution in [-0.2, 0) is 0 Å². The molecule has 0 radical (unpaired) electrons. The second-order valence-electron chi connectivity index (χ2n) is 7.03. The quantitative estimate of drug-likeness (QED) is 0.876. The first-order valence-corrected chi connectivity index (χ1v) is 9.04. The van der Waals surface area contributed by atoms with Crippen molar-refractivity contribution in [2.24, 2.45) is 5.92 Å². The number of methoxy groups -OCH3 is 1. The molecule has 4 nitrogen and oxygen atoms in total. The van der Waals surface area contributed by atoms with Crippen molar-refractivity contribution >= 4 is 5.69 Å². The highest BCUT2D eigenvalue weighted by Crippen LogP contribution is 2.26. The van der Waals surface area contributed by atoms with E-state index in [9.17, 15) is 5.11 Å². The summed E-state index contributed by atoms with van der Waals surface area (Å²) in [4.78, 5) is 2.47. The summed E-state index contributed by atoms with van der Waals surface area (Å²) in [6.45, 7) is 2.61. The number of piperidine rings is 1. The molecule has 1 saturated heterocycles. The molecular weight excluding hydrogens is 288 g/mol. The second kappa shape index (κ2) is 8.02. The van der Waals surface area contributed by atoms with Gasteiger partial charge in [-0.3, -0.25) is 0 Å². The van der Waals surface area contributed by atoms with Gasteiger partial charge in [-0.05, 0) is 68.7 Å². The number of anilines is 1. The van der Waals surface area contributed by atoms with Gasteiger partial charge in [0.1, 0.15) is 5.75 Å². The van der Waals surface area contributed by atoms with Crippen LogP contribution in [0.5, 0.6) is 5.75 Å². The lowest BCUT2D eigenvalue weighted by Crippen LogP contribution is -2.47. The van der Waals surface area contributed by atoms with E-state index in [0.717, 1.165) is 18.8 Å². The maximum absolute atomic E-state index is 9.24. The zero-order chi connectivity index (χ0) is 16.1. The lowest BCUT2D eigenvalue weighted by molar-refractivity contribution is 0.169. The van der Waals surface area contributed by atoms with Crippen molar-refractivity contribution in [1.82, 2.24) is 5.32 Å². The first kappa shape index (κ1) is 16.6. The molecule has 2 fully saturated rings. The van der Waals surface area contributed by atoms with Crippen molar-refractivity contribution in [1.29, 1.82) is 0 Å². The zero-order valence-electron chi connectivity index (χ0n) is 14.2. The number of nitrogens with one attached hydrogen (secondary N) is 1. The number of aliphatic hydroxyl groups excluding tert-OH is 1. The lowest BCUT2D eigenvalue weighted by atomic mass is 9.86. The Morgan fingerprint density at radius 3 is 2.17 bits per heavy atom. The number of rotatable bonds is 5. The highest BCUT2D eigenvalue weighted by molar-refractivity contribution is 5.49. The fourth-order valence-electron chi connectivity index (χ4n) is 3.94. The van der Waals surface area contributed by atoms with Crippen molar-refractivity contribution in [3.63, 3.8) is 0 Å². The van der Waals surface area contributed by atoms with Gasteiger partial charge in [0.05, 0.1) is 7.11 Å². The predicted octanol–water partition coefficient (Wildman–Crippen LogP) is 2.80. The summed E-state index contributed by atoms with van der Waals surface area (Å²) in [5, 5.41) is 13.1. The third kappa shape index (κ3) is 4.39. The molecule has 4 heteroatoms. The largest absolute Gasteiger partial charge is 0.497 e. The van der Waals surface area contributed by atoms with Crippen molar-refractivity contribution in [2.75, 3.05) is 31.7 Å². The summed E-state index contributed by atoms with van der Waals surface area (Å²) in [7, 11) is 1.71. The maximum Gasteiger partial charge on any atom is 0.119 e. The van der Waals surface area contributed by atoms with Crippen LogP contribution in [0.15, 0.2) is 24.3 Å². The van der Waals surface area contributed by atoms with E-state index < -0.39 is 0 Å². The average molecular weight is 318 g/mol. The molecule has 1 aromatic carbocycles. The Bertz CT molecular complexity index is 461. The molecule has 2 N–H and O–H groups in total. The van der Waals surface area contributed by atoms with Crippen LogP contribution in [0.1, 0.15) is 38.5 Å². The highest BCUT2D eigenvalue weighted by atomic mass is 16.5. The molecule has 0 aromatic heterocycles. The Labute approximate surface area is 139 Å². The van der Waals surface area contributed by atoms with E-state index >= 15 is 0 Å². The number of ether oxygens (including phenoxy) is 1. The molecule has 1 saturated carbocycles. The summed E-state index contributed by atoms with van der Waals surface area (Å²) in [5.41, 5.74) is 1.30. The number of aliphatic hydroxyl groups is 1. The standard InChI is InChI=1S/C19H30N2O2/c1-23-19-8-6-18(7-9-19)21-12-10-17(11-13-21)20-16-4-2-15(14-22)3-5-16/h6-9,15-17,20,22H,2-5,10-14H2,1H3. The summed E-state index contributed by atoms with van der Waals surface area (Å²) < 4.78 is 5.23. The van der Waals surface area contributed by atoms with Gasteiger partial charge in [0.2, 0.25) is 0 Å². The molecule has 0 spiro atoms.